The van der Waals surface area contributed by atoms with Crippen LogP contribution in [0.3, 0.4) is 0 Å². The molecule has 7 nitrogen and oxygen atoms in total. The molecule has 160 valence electrons. The molecule has 0 bridgehead atoms. The molecule has 1 amide bonds. The zero-order valence-corrected chi connectivity index (χ0v) is 19.0. The monoisotopic (exact) mass is 494 g/mol. The highest BCUT2D eigenvalue weighted by atomic mass is 79.9. The van der Waals surface area contributed by atoms with Gasteiger partial charge >= 0.3 is 5.97 Å². The van der Waals surface area contributed by atoms with Gasteiger partial charge in [-0.1, -0.05) is 12.5 Å². The maximum atomic E-state index is 12.7. The van der Waals surface area contributed by atoms with Crippen LogP contribution in [-0.2, 0) is 19.6 Å². The molecule has 0 saturated carbocycles. The highest BCUT2D eigenvalue weighted by Crippen LogP contribution is 2.23. The number of ether oxygens (including phenoxy) is 1. The van der Waals surface area contributed by atoms with Gasteiger partial charge in [-0.15, -0.1) is 0 Å². The number of sulfonamides is 1. The van der Waals surface area contributed by atoms with Crippen molar-refractivity contribution in [3.63, 3.8) is 0 Å². The number of halogens is 1. The van der Waals surface area contributed by atoms with Crippen LogP contribution in [0.1, 0.15) is 35.2 Å². The van der Waals surface area contributed by atoms with E-state index in [-0.39, 0.29) is 10.5 Å². The molecule has 1 N–H and O–H groups in total. The molecule has 1 heterocycles. The second-order valence-electron chi connectivity index (χ2n) is 7.10. The van der Waals surface area contributed by atoms with E-state index in [9.17, 15) is 18.0 Å². The van der Waals surface area contributed by atoms with E-state index in [1.807, 2.05) is 19.1 Å². The molecule has 1 saturated heterocycles. The highest BCUT2D eigenvalue weighted by Gasteiger charge is 2.26. The second-order valence-corrected chi connectivity index (χ2v) is 9.89. The van der Waals surface area contributed by atoms with Gasteiger partial charge in [0.15, 0.2) is 6.61 Å². The molecular weight excluding hydrogens is 472 g/mol. The van der Waals surface area contributed by atoms with Crippen molar-refractivity contribution in [3.05, 3.63) is 58.1 Å². The fraction of sp³-hybridized carbons (Fsp3) is 0.333. The highest BCUT2D eigenvalue weighted by molar-refractivity contribution is 9.10. The van der Waals surface area contributed by atoms with Crippen LogP contribution in [0.5, 0.6) is 0 Å². The van der Waals surface area contributed by atoms with Crippen molar-refractivity contribution in [2.75, 3.05) is 25.0 Å². The van der Waals surface area contributed by atoms with Crippen molar-refractivity contribution in [2.45, 2.75) is 31.1 Å². The van der Waals surface area contributed by atoms with Gasteiger partial charge in [0, 0.05) is 17.6 Å². The summed E-state index contributed by atoms with van der Waals surface area (Å²) in [6, 6.07) is 11.0. The van der Waals surface area contributed by atoms with Crippen LogP contribution in [0, 0.1) is 6.92 Å². The smallest absolute Gasteiger partial charge is 0.338 e. The topological polar surface area (TPSA) is 92.8 Å². The summed E-state index contributed by atoms with van der Waals surface area (Å²) >= 11 is 3.37. The maximum Gasteiger partial charge on any atom is 0.338 e. The summed E-state index contributed by atoms with van der Waals surface area (Å²) in [4.78, 5) is 24.4. The van der Waals surface area contributed by atoms with E-state index in [0.29, 0.717) is 18.8 Å². The molecule has 1 aliphatic heterocycles. The molecule has 2 aromatic rings. The lowest BCUT2D eigenvalue weighted by molar-refractivity contribution is -0.119. The first-order valence-electron chi connectivity index (χ1n) is 9.61. The summed E-state index contributed by atoms with van der Waals surface area (Å²) in [5.74, 6) is -1.17. The lowest BCUT2D eigenvalue weighted by atomic mass is 10.2. The molecule has 0 aromatic heterocycles. The average Bonchev–Trinajstić information content (AvgIpc) is 2.75. The van der Waals surface area contributed by atoms with Gasteiger partial charge in [0.05, 0.1) is 16.1 Å². The van der Waals surface area contributed by atoms with Crippen molar-refractivity contribution in [3.8, 4) is 0 Å². The van der Waals surface area contributed by atoms with Gasteiger partial charge in [0.25, 0.3) is 5.91 Å². The third-order valence-corrected chi connectivity index (χ3v) is 7.34. The van der Waals surface area contributed by atoms with Gasteiger partial charge in [-0.3, -0.25) is 4.79 Å². The summed E-state index contributed by atoms with van der Waals surface area (Å²) in [5, 5.41) is 2.66. The second kappa shape index (κ2) is 9.72. The maximum absolute atomic E-state index is 12.7. The summed E-state index contributed by atoms with van der Waals surface area (Å²) in [7, 11) is -3.56. The third kappa shape index (κ3) is 5.47. The molecule has 3 rings (SSSR count). The molecule has 0 atom stereocenters. The Labute approximate surface area is 184 Å². The Balaban J connectivity index is 1.57. The minimum absolute atomic E-state index is 0.142. The Hall–Kier alpha value is -2.23. The number of carbonyl (C=O) groups is 2. The largest absolute Gasteiger partial charge is 0.452 e. The number of piperidine rings is 1. The van der Waals surface area contributed by atoms with Gasteiger partial charge in [-0.05, 0) is 77.7 Å². The molecule has 30 heavy (non-hydrogen) atoms. The summed E-state index contributed by atoms with van der Waals surface area (Å²) in [6.07, 6.45) is 2.74. The number of hydrogen-bond acceptors (Lipinski definition) is 5. The molecule has 2 aromatic carbocycles. The van der Waals surface area contributed by atoms with Crippen LogP contribution >= 0.6 is 15.9 Å². The first-order valence-corrected chi connectivity index (χ1v) is 11.8. The van der Waals surface area contributed by atoms with E-state index in [0.717, 1.165) is 29.3 Å². The summed E-state index contributed by atoms with van der Waals surface area (Å²) < 4.78 is 32.6. The van der Waals surface area contributed by atoms with Crippen LogP contribution in [0.15, 0.2) is 51.8 Å². The predicted octanol–water partition coefficient (Wildman–Crippen LogP) is 3.73. The molecule has 0 spiro atoms. The Morgan fingerprint density at radius 3 is 2.37 bits per heavy atom. The van der Waals surface area contributed by atoms with Crippen LogP contribution in [0.4, 0.5) is 5.69 Å². The molecule has 0 unspecified atom stereocenters. The van der Waals surface area contributed by atoms with Gasteiger partial charge < -0.3 is 10.1 Å². The summed E-state index contributed by atoms with van der Waals surface area (Å²) in [5.41, 5.74) is 1.79. The number of hydrogen-bond donors (Lipinski definition) is 1. The number of rotatable bonds is 6. The fourth-order valence-corrected chi connectivity index (χ4v) is 5.25. The van der Waals surface area contributed by atoms with E-state index in [1.165, 1.54) is 28.6 Å². The first-order chi connectivity index (χ1) is 14.3. The van der Waals surface area contributed by atoms with Crippen molar-refractivity contribution in [2.24, 2.45) is 0 Å². The number of aryl methyl sites for hydroxylation is 1. The third-order valence-electron chi connectivity index (χ3n) is 4.78. The minimum Gasteiger partial charge on any atom is -0.452 e. The van der Waals surface area contributed by atoms with E-state index in [1.54, 1.807) is 6.07 Å². The predicted molar refractivity (Wildman–Crippen MR) is 117 cm³/mol. The Bertz CT molecular complexity index is 1030. The van der Waals surface area contributed by atoms with Gasteiger partial charge in [0.1, 0.15) is 0 Å². The van der Waals surface area contributed by atoms with Crippen LogP contribution < -0.4 is 5.32 Å². The average molecular weight is 495 g/mol. The number of anilines is 1. The number of amides is 1. The van der Waals surface area contributed by atoms with Gasteiger partial charge in [-0.25, -0.2) is 13.2 Å². The molecule has 0 radical (unpaired) electrons. The van der Waals surface area contributed by atoms with E-state index >= 15 is 0 Å². The molecule has 0 aliphatic carbocycles. The van der Waals surface area contributed by atoms with Crippen molar-refractivity contribution in [1.29, 1.82) is 0 Å². The Kier molecular flexibility index (Phi) is 7.27. The van der Waals surface area contributed by atoms with E-state index < -0.39 is 28.5 Å². The molecule has 1 fully saturated rings. The zero-order valence-electron chi connectivity index (χ0n) is 16.6. The number of benzene rings is 2. The SMILES string of the molecule is Cc1ccc(NC(=O)COC(=O)c2ccc(S(=O)(=O)N3CCCCC3)cc2)c(Br)c1. The normalized spacial score (nSPS) is 14.9. The van der Waals surface area contributed by atoms with Crippen molar-refractivity contribution >= 4 is 43.5 Å². The summed E-state index contributed by atoms with van der Waals surface area (Å²) in [6.45, 7) is 2.50. The quantitative estimate of drug-likeness (QED) is 0.617. The Morgan fingerprint density at radius 2 is 1.73 bits per heavy atom. The van der Waals surface area contributed by atoms with Gasteiger partial charge in [0.2, 0.25) is 10.0 Å². The minimum atomic E-state index is -3.56. The van der Waals surface area contributed by atoms with E-state index in [4.69, 9.17) is 4.74 Å². The van der Waals surface area contributed by atoms with Crippen LogP contribution in [0.25, 0.3) is 0 Å². The molecular formula is C21H23BrN2O5S. The van der Waals surface area contributed by atoms with Gasteiger partial charge in [-0.2, -0.15) is 4.31 Å². The number of nitrogens with one attached hydrogen (secondary N) is 1. The Morgan fingerprint density at radius 1 is 1.07 bits per heavy atom. The van der Waals surface area contributed by atoms with Crippen molar-refractivity contribution in [1.82, 2.24) is 4.31 Å². The number of nitrogens with zero attached hydrogens (tertiary/aromatic N) is 1. The molecule has 1 aliphatic rings. The lowest BCUT2D eigenvalue weighted by Gasteiger charge is -2.25. The first kappa shape index (κ1) is 22.5. The van der Waals surface area contributed by atoms with E-state index in [2.05, 4.69) is 21.2 Å². The zero-order chi connectivity index (χ0) is 21.7. The lowest BCUT2D eigenvalue weighted by Crippen LogP contribution is -2.35. The molecule has 9 heteroatoms. The van der Waals surface area contributed by atoms with Crippen molar-refractivity contribution < 1.29 is 22.7 Å². The standard InChI is InChI=1S/C21H23BrN2O5S/c1-15-5-10-19(18(22)13-15)23-20(25)14-29-21(26)16-6-8-17(9-7-16)30(27,28)24-11-3-2-4-12-24/h5-10,13H,2-4,11-12,14H2,1H3,(H,23,25). The van der Waals surface area contributed by atoms with Crippen LogP contribution in [-0.4, -0.2) is 44.3 Å². The fourth-order valence-electron chi connectivity index (χ4n) is 3.14. The number of esters is 1. The number of carbonyl (C=O) groups excluding carboxylic acids is 2. The van der Waals surface area contributed by atoms with Crippen LogP contribution in [0.2, 0.25) is 0 Å².